The lowest BCUT2D eigenvalue weighted by Crippen LogP contribution is -2.18. The summed E-state index contributed by atoms with van der Waals surface area (Å²) in [5, 5.41) is 0. The van der Waals surface area contributed by atoms with Crippen molar-refractivity contribution in [2.45, 2.75) is 219 Å². The van der Waals surface area contributed by atoms with Gasteiger partial charge in [0, 0.05) is 6.42 Å². The molecule has 0 fully saturated rings. The van der Waals surface area contributed by atoms with Crippen LogP contribution in [0.5, 0.6) is 0 Å². The summed E-state index contributed by atoms with van der Waals surface area (Å²) in [7, 11) is 4.25. The largest absolute Gasteiger partial charge is 0.462 e. The normalized spacial score (nSPS) is 12.4. The van der Waals surface area contributed by atoms with Crippen LogP contribution in [0.2, 0.25) is 0 Å². The molecule has 0 bridgehead atoms. The van der Waals surface area contributed by atoms with Crippen LogP contribution in [0.25, 0.3) is 0 Å². The van der Waals surface area contributed by atoms with Crippen LogP contribution in [0.1, 0.15) is 213 Å². The molecule has 49 heavy (non-hydrogen) atoms. The molecule has 0 aromatic carbocycles. The third kappa shape index (κ3) is 40.7. The van der Waals surface area contributed by atoms with E-state index >= 15 is 0 Å². The van der Waals surface area contributed by atoms with Gasteiger partial charge in [-0.1, -0.05) is 152 Å². The minimum atomic E-state index is 0.0395. The number of rotatable bonds is 38. The molecule has 0 aliphatic heterocycles. The summed E-state index contributed by atoms with van der Waals surface area (Å²) >= 11 is 0. The quantitative estimate of drug-likeness (QED) is 0.0368. The molecule has 286 valence electrons. The Balaban J connectivity index is 4.13. The molecule has 0 atom stereocenters. The predicted molar refractivity (Wildman–Crippen MR) is 219 cm³/mol. The average Bonchev–Trinajstić information content (AvgIpc) is 3.09. The van der Waals surface area contributed by atoms with Crippen molar-refractivity contribution in [1.82, 2.24) is 4.90 Å². The Kier molecular flexibility index (Phi) is 39.5. The summed E-state index contributed by atoms with van der Waals surface area (Å²) in [6.45, 7) is 5.66. The van der Waals surface area contributed by atoms with Gasteiger partial charge >= 0.3 is 5.97 Å². The van der Waals surface area contributed by atoms with Gasteiger partial charge in [0.05, 0.1) is 0 Å². The first-order valence-corrected chi connectivity index (χ1v) is 21.5. The van der Waals surface area contributed by atoms with E-state index < -0.39 is 0 Å². The maximum absolute atomic E-state index is 12.7. The zero-order chi connectivity index (χ0) is 35.7. The minimum Gasteiger partial charge on any atom is -0.462 e. The molecule has 0 radical (unpaired) electrons. The number of hydrogen-bond donors (Lipinski definition) is 0. The highest BCUT2D eigenvalue weighted by Gasteiger charge is 2.14. The van der Waals surface area contributed by atoms with Gasteiger partial charge in [-0.05, 0) is 123 Å². The van der Waals surface area contributed by atoms with Gasteiger partial charge in [-0.3, -0.25) is 4.79 Å². The first-order chi connectivity index (χ1) is 24.1. The van der Waals surface area contributed by atoms with Gasteiger partial charge in [0.25, 0.3) is 0 Å². The molecular formula is C46H85NO2. The Morgan fingerprint density at radius 2 is 0.837 bits per heavy atom. The Morgan fingerprint density at radius 1 is 0.469 bits per heavy atom. The van der Waals surface area contributed by atoms with Crippen molar-refractivity contribution < 1.29 is 9.53 Å². The van der Waals surface area contributed by atoms with E-state index in [1.54, 1.807) is 0 Å². The fourth-order valence-electron chi connectivity index (χ4n) is 6.28. The lowest BCUT2D eigenvalue weighted by Gasteiger charge is -2.18. The van der Waals surface area contributed by atoms with Gasteiger partial charge in [-0.2, -0.15) is 0 Å². The number of carbonyl (C=O) groups is 1. The van der Waals surface area contributed by atoms with Gasteiger partial charge in [-0.15, -0.1) is 0 Å². The summed E-state index contributed by atoms with van der Waals surface area (Å²) in [5.74, 6) is 0.0395. The van der Waals surface area contributed by atoms with Crippen LogP contribution < -0.4 is 0 Å². The third-order valence-corrected chi connectivity index (χ3v) is 9.49. The molecule has 0 amide bonds. The van der Waals surface area contributed by atoms with Crippen molar-refractivity contribution in [1.29, 1.82) is 0 Å². The first-order valence-electron chi connectivity index (χ1n) is 21.5. The number of esters is 1. The standard InChI is InChI=1S/C46H85NO2/c1-5-7-9-11-13-15-17-19-21-23-25-27-29-31-33-37-41-45(49-46(48)43-39-35-36-40-44-47(3)4)42-38-34-32-30-28-26-24-22-20-18-16-14-12-10-8-6-2/h13-16,19-22,45H,5-12,17-18,23-44H2,1-4H3/b15-13-,16-14-,21-19-,22-20-. The summed E-state index contributed by atoms with van der Waals surface area (Å²) in [5.41, 5.74) is 0. The molecule has 0 aliphatic carbocycles. The van der Waals surface area contributed by atoms with Gasteiger partial charge in [0.1, 0.15) is 6.10 Å². The molecule has 0 spiro atoms. The van der Waals surface area contributed by atoms with Crippen LogP contribution in [0.4, 0.5) is 0 Å². The van der Waals surface area contributed by atoms with Gasteiger partial charge < -0.3 is 9.64 Å². The van der Waals surface area contributed by atoms with Crippen molar-refractivity contribution in [3.63, 3.8) is 0 Å². The van der Waals surface area contributed by atoms with Crippen molar-refractivity contribution >= 4 is 5.97 Å². The second-order valence-electron chi connectivity index (χ2n) is 14.8. The monoisotopic (exact) mass is 684 g/mol. The summed E-state index contributed by atoms with van der Waals surface area (Å²) < 4.78 is 6.07. The molecule has 0 unspecified atom stereocenters. The number of ether oxygens (including phenoxy) is 1. The Bertz CT molecular complexity index is 732. The highest BCUT2D eigenvalue weighted by atomic mass is 16.5. The summed E-state index contributed by atoms with van der Waals surface area (Å²) in [4.78, 5) is 14.9. The van der Waals surface area contributed by atoms with Crippen molar-refractivity contribution in [2.24, 2.45) is 0 Å². The van der Waals surface area contributed by atoms with E-state index in [1.807, 2.05) is 0 Å². The lowest BCUT2D eigenvalue weighted by molar-refractivity contribution is -0.150. The highest BCUT2D eigenvalue weighted by Crippen LogP contribution is 2.19. The molecular weight excluding hydrogens is 599 g/mol. The maximum Gasteiger partial charge on any atom is 0.306 e. The molecule has 0 N–H and O–H groups in total. The Morgan fingerprint density at radius 3 is 1.27 bits per heavy atom. The molecule has 3 heteroatoms. The number of nitrogens with zero attached hydrogens (tertiary/aromatic N) is 1. The van der Waals surface area contributed by atoms with E-state index in [0.717, 1.165) is 45.1 Å². The molecule has 0 heterocycles. The third-order valence-electron chi connectivity index (χ3n) is 9.49. The van der Waals surface area contributed by atoms with E-state index in [0.29, 0.717) is 6.42 Å². The fourth-order valence-corrected chi connectivity index (χ4v) is 6.28. The maximum atomic E-state index is 12.7. The van der Waals surface area contributed by atoms with Crippen molar-refractivity contribution in [3.05, 3.63) is 48.6 Å². The molecule has 0 rings (SSSR count). The number of carbonyl (C=O) groups excluding carboxylic acids is 1. The molecule has 0 saturated heterocycles. The van der Waals surface area contributed by atoms with Crippen LogP contribution in [0.3, 0.4) is 0 Å². The van der Waals surface area contributed by atoms with Gasteiger partial charge in [-0.25, -0.2) is 0 Å². The second kappa shape index (κ2) is 40.8. The van der Waals surface area contributed by atoms with E-state index in [9.17, 15) is 4.79 Å². The Hall–Kier alpha value is -1.61. The average molecular weight is 684 g/mol. The topological polar surface area (TPSA) is 29.5 Å². The number of hydrogen-bond acceptors (Lipinski definition) is 3. The predicted octanol–water partition coefficient (Wildman–Crippen LogP) is 14.8. The van der Waals surface area contributed by atoms with Crippen LogP contribution in [0.15, 0.2) is 48.6 Å². The van der Waals surface area contributed by atoms with E-state index in [-0.39, 0.29) is 12.1 Å². The van der Waals surface area contributed by atoms with Gasteiger partial charge in [0.15, 0.2) is 0 Å². The number of unbranched alkanes of at least 4 members (excludes halogenated alkanes) is 21. The highest BCUT2D eigenvalue weighted by molar-refractivity contribution is 5.69. The molecule has 0 aromatic rings. The minimum absolute atomic E-state index is 0.0395. The smallest absolute Gasteiger partial charge is 0.306 e. The molecule has 0 saturated carbocycles. The summed E-state index contributed by atoms with van der Waals surface area (Å²) in [6.07, 6.45) is 56.5. The zero-order valence-corrected chi connectivity index (χ0v) is 33.6. The Labute approximate surface area is 307 Å². The van der Waals surface area contributed by atoms with E-state index in [2.05, 4.69) is 81.5 Å². The number of allylic oxidation sites excluding steroid dienone is 8. The molecule has 0 aromatic heterocycles. The zero-order valence-electron chi connectivity index (χ0n) is 33.6. The molecule has 3 nitrogen and oxygen atoms in total. The SMILES string of the molecule is CCCCC/C=C\C/C=C\CCCCCCCCC(CCCCCCCC/C=C\C/C=C\CCCCC)OC(=O)CCCCCCN(C)C. The summed E-state index contributed by atoms with van der Waals surface area (Å²) in [6, 6.07) is 0. The second-order valence-corrected chi connectivity index (χ2v) is 14.8. The van der Waals surface area contributed by atoms with Crippen LogP contribution in [-0.2, 0) is 9.53 Å². The van der Waals surface area contributed by atoms with Gasteiger partial charge in [0.2, 0.25) is 0 Å². The van der Waals surface area contributed by atoms with E-state index in [1.165, 1.54) is 154 Å². The first kappa shape index (κ1) is 47.4. The van der Waals surface area contributed by atoms with Crippen molar-refractivity contribution in [3.8, 4) is 0 Å². The van der Waals surface area contributed by atoms with Crippen LogP contribution >= 0.6 is 0 Å². The molecule has 0 aliphatic rings. The lowest BCUT2D eigenvalue weighted by atomic mass is 10.0. The van der Waals surface area contributed by atoms with Crippen molar-refractivity contribution in [2.75, 3.05) is 20.6 Å². The fraction of sp³-hybridized carbons (Fsp3) is 0.804. The van der Waals surface area contributed by atoms with E-state index in [4.69, 9.17) is 4.74 Å². The van der Waals surface area contributed by atoms with Crippen LogP contribution in [-0.4, -0.2) is 37.6 Å². The van der Waals surface area contributed by atoms with Crippen LogP contribution in [0, 0.1) is 0 Å².